The number of hydrogen-bond acceptors (Lipinski definition) is 2. The molecule has 0 aromatic carbocycles. The van der Waals surface area contributed by atoms with Crippen molar-refractivity contribution in [2.24, 2.45) is 5.92 Å². The van der Waals surface area contributed by atoms with Gasteiger partial charge < -0.3 is 0 Å². The van der Waals surface area contributed by atoms with E-state index < -0.39 is 0 Å². The molecule has 1 saturated heterocycles. The van der Waals surface area contributed by atoms with Gasteiger partial charge in [-0.3, -0.25) is 9.52 Å². The molecule has 0 saturated carbocycles. The van der Waals surface area contributed by atoms with Crippen LogP contribution in [0.2, 0.25) is 0 Å². The molecule has 0 bridgehead atoms. The van der Waals surface area contributed by atoms with Gasteiger partial charge in [0.15, 0.2) is 0 Å². The van der Waals surface area contributed by atoms with E-state index in [1.165, 1.54) is 38.5 Å². The van der Waals surface area contributed by atoms with E-state index in [1.807, 2.05) is 0 Å². The highest BCUT2D eigenvalue weighted by molar-refractivity contribution is 7.98. The fraction of sp³-hybridized carbons (Fsp3) is 0.909. The highest BCUT2D eigenvalue weighted by Crippen LogP contribution is 2.21. The van der Waals surface area contributed by atoms with Gasteiger partial charge in [-0.15, -0.1) is 0 Å². The molecule has 0 radical (unpaired) electrons. The first-order valence-corrected chi connectivity index (χ1v) is 6.74. The average Bonchev–Trinajstić information content (AvgIpc) is 2.58. The summed E-state index contributed by atoms with van der Waals surface area (Å²) in [5.41, 5.74) is 0. The second-order valence-electron chi connectivity index (χ2n) is 4.03. The van der Waals surface area contributed by atoms with E-state index >= 15 is 0 Å². The van der Waals surface area contributed by atoms with Crippen LogP contribution in [0, 0.1) is 5.92 Å². The zero-order valence-corrected chi connectivity index (χ0v) is 9.87. The molecule has 0 aliphatic carbocycles. The molecule has 0 aromatic rings. The molecule has 1 N–H and O–H groups in total. The molecular formula is C11H21NOS. The average molecular weight is 215 g/mol. The lowest BCUT2D eigenvalue weighted by Crippen LogP contribution is -2.17. The second-order valence-corrected chi connectivity index (χ2v) is 4.86. The zero-order valence-electron chi connectivity index (χ0n) is 9.05. The van der Waals surface area contributed by atoms with Gasteiger partial charge in [-0.25, -0.2) is 0 Å². The summed E-state index contributed by atoms with van der Waals surface area (Å²) in [6, 6.07) is 0. The lowest BCUT2D eigenvalue weighted by Gasteiger charge is -2.04. The smallest absolute Gasteiger partial charge is 0.233 e. The van der Waals surface area contributed by atoms with E-state index in [4.69, 9.17) is 0 Å². The third-order valence-electron chi connectivity index (χ3n) is 2.73. The third kappa shape index (κ3) is 4.36. The molecular weight excluding hydrogens is 194 g/mol. The molecule has 1 atom stereocenters. The summed E-state index contributed by atoms with van der Waals surface area (Å²) < 4.78 is 2.81. The maximum atomic E-state index is 11.2. The van der Waals surface area contributed by atoms with Crippen LogP contribution in [0.25, 0.3) is 0 Å². The van der Waals surface area contributed by atoms with Crippen LogP contribution in [0.5, 0.6) is 0 Å². The highest BCUT2D eigenvalue weighted by Gasteiger charge is 2.23. The minimum Gasteiger partial charge on any atom is -0.300 e. The molecule has 1 aliphatic rings. The molecule has 3 heteroatoms. The summed E-state index contributed by atoms with van der Waals surface area (Å²) in [5, 5.41) is 0. The molecule has 14 heavy (non-hydrogen) atoms. The van der Waals surface area contributed by atoms with E-state index in [-0.39, 0.29) is 5.91 Å². The Kier molecular flexibility index (Phi) is 6.08. The molecule has 1 fully saturated rings. The molecule has 1 unspecified atom stereocenters. The normalized spacial score (nSPS) is 21.2. The van der Waals surface area contributed by atoms with Crippen molar-refractivity contribution in [3.05, 3.63) is 0 Å². The van der Waals surface area contributed by atoms with Gasteiger partial charge in [-0.05, 0) is 18.4 Å². The van der Waals surface area contributed by atoms with E-state index in [2.05, 4.69) is 11.6 Å². The van der Waals surface area contributed by atoms with Gasteiger partial charge in [0.1, 0.15) is 0 Å². The summed E-state index contributed by atoms with van der Waals surface area (Å²) in [7, 11) is 0. The van der Waals surface area contributed by atoms with Gasteiger partial charge in [-0.2, -0.15) is 0 Å². The number of carbonyl (C=O) groups excluding carboxylic acids is 1. The van der Waals surface area contributed by atoms with Crippen LogP contribution in [0.4, 0.5) is 0 Å². The standard InChI is InChI=1S/C11H21NOS/c1-2-3-4-5-6-7-8-10-9-14-12-11(10)13/h10H,2-9H2,1H3,(H,12,13). The van der Waals surface area contributed by atoms with Crippen molar-refractivity contribution in [1.82, 2.24) is 4.72 Å². The molecule has 1 amide bonds. The van der Waals surface area contributed by atoms with Crippen molar-refractivity contribution in [3.8, 4) is 0 Å². The topological polar surface area (TPSA) is 29.1 Å². The van der Waals surface area contributed by atoms with Crippen LogP contribution in [0.3, 0.4) is 0 Å². The van der Waals surface area contributed by atoms with Gasteiger partial charge in [0.25, 0.3) is 0 Å². The molecule has 1 rings (SSSR count). The SMILES string of the molecule is CCCCCCCCC1CSNC1=O. The predicted molar refractivity (Wildman–Crippen MR) is 62.1 cm³/mol. The summed E-state index contributed by atoms with van der Waals surface area (Å²) in [6.07, 6.45) is 8.99. The second kappa shape index (κ2) is 7.16. The number of nitrogens with one attached hydrogen (secondary N) is 1. The van der Waals surface area contributed by atoms with Crippen LogP contribution in [0.15, 0.2) is 0 Å². The predicted octanol–water partition coefficient (Wildman–Crippen LogP) is 3.13. The van der Waals surface area contributed by atoms with Gasteiger partial charge in [0.2, 0.25) is 5.91 Å². The van der Waals surface area contributed by atoms with Crippen LogP contribution >= 0.6 is 11.9 Å². The Hall–Kier alpha value is -0.180. The molecule has 2 nitrogen and oxygen atoms in total. The van der Waals surface area contributed by atoms with E-state index in [9.17, 15) is 4.79 Å². The highest BCUT2D eigenvalue weighted by atomic mass is 32.2. The van der Waals surface area contributed by atoms with Crippen molar-refractivity contribution in [3.63, 3.8) is 0 Å². The van der Waals surface area contributed by atoms with Crippen molar-refractivity contribution >= 4 is 17.9 Å². The Morgan fingerprint density at radius 3 is 2.64 bits per heavy atom. The molecule has 1 aliphatic heterocycles. The first-order chi connectivity index (χ1) is 6.84. The van der Waals surface area contributed by atoms with Crippen molar-refractivity contribution in [1.29, 1.82) is 0 Å². The van der Waals surface area contributed by atoms with Crippen molar-refractivity contribution < 1.29 is 4.79 Å². The van der Waals surface area contributed by atoms with Crippen molar-refractivity contribution in [2.45, 2.75) is 51.9 Å². The minimum atomic E-state index is 0.253. The first kappa shape index (κ1) is 11.9. The Morgan fingerprint density at radius 1 is 1.29 bits per heavy atom. The summed E-state index contributed by atoms with van der Waals surface area (Å²) in [6.45, 7) is 2.24. The van der Waals surface area contributed by atoms with Crippen LogP contribution in [-0.4, -0.2) is 11.7 Å². The maximum absolute atomic E-state index is 11.2. The largest absolute Gasteiger partial charge is 0.300 e. The van der Waals surface area contributed by atoms with Gasteiger partial charge in [0.05, 0.1) is 0 Å². The van der Waals surface area contributed by atoms with Gasteiger partial charge in [0, 0.05) is 11.7 Å². The lowest BCUT2D eigenvalue weighted by molar-refractivity contribution is -0.121. The Balaban J connectivity index is 1.90. The van der Waals surface area contributed by atoms with Crippen LogP contribution < -0.4 is 4.72 Å². The molecule has 0 aromatic heterocycles. The monoisotopic (exact) mass is 215 g/mol. The first-order valence-electron chi connectivity index (χ1n) is 5.76. The van der Waals surface area contributed by atoms with Crippen molar-refractivity contribution in [2.75, 3.05) is 5.75 Å². The number of carbonyl (C=O) groups is 1. The minimum absolute atomic E-state index is 0.253. The third-order valence-corrected chi connectivity index (χ3v) is 3.65. The maximum Gasteiger partial charge on any atom is 0.233 e. The number of hydrogen-bond donors (Lipinski definition) is 1. The molecule has 0 spiro atoms. The number of amides is 1. The fourth-order valence-corrected chi connectivity index (χ4v) is 2.67. The quantitative estimate of drug-likeness (QED) is 0.522. The summed E-state index contributed by atoms with van der Waals surface area (Å²) in [5.74, 6) is 1.53. The van der Waals surface area contributed by atoms with Crippen LogP contribution in [0.1, 0.15) is 51.9 Å². The molecule has 1 heterocycles. The summed E-state index contributed by atoms with van der Waals surface area (Å²) in [4.78, 5) is 11.2. The Bertz CT molecular complexity index is 173. The Labute approximate surface area is 91.4 Å². The summed E-state index contributed by atoms with van der Waals surface area (Å²) >= 11 is 1.56. The number of unbranched alkanes of at least 4 members (excludes halogenated alkanes) is 5. The Morgan fingerprint density at radius 2 is 2.00 bits per heavy atom. The van der Waals surface area contributed by atoms with E-state index in [0.717, 1.165) is 12.2 Å². The fourth-order valence-electron chi connectivity index (χ4n) is 1.76. The van der Waals surface area contributed by atoms with Gasteiger partial charge in [-0.1, -0.05) is 45.4 Å². The van der Waals surface area contributed by atoms with Crippen LogP contribution in [-0.2, 0) is 4.79 Å². The number of rotatable bonds is 7. The zero-order chi connectivity index (χ0) is 10.2. The van der Waals surface area contributed by atoms with E-state index in [1.54, 1.807) is 11.9 Å². The van der Waals surface area contributed by atoms with Gasteiger partial charge >= 0.3 is 0 Å². The molecule has 82 valence electrons. The lowest BCUT2D eigenvalue weighted by atomic mass is 10.0. The van der Waals surface area contributed by atoms with E-state index in [0.29, 0.717) is 5.92 Å².